The summed E-state index contributed by atoms with van der Waals surface area (Å²) in [6, 6.07) is 17.8. The van der Waals surface area contributed by atoms with Crippen LogP contribution < -0.4 is 14.8 Å². The van der Waals surface area contributed by atoms with E-state index in [4.69, 9.17) is 37.8 Å². The Morgan fingerprint density at radius 2 is 1.74 bits per heavy atom. The van der Waals surface area contributed by atoms with E-state index < -0.39 is 16.8 Å². The van der Waals surface area contributed by atoms with Crippen LogP contribution in [0.4, 0.5) is 11.4 Å². The summed E-state index contributed by atoms with van der Waals surface area (Å²) in [5.74, 6) is 0.898. The van der Waals surface area contributed by atoms with Crippen molar-refractivity contribution in [3.63, 3.8) is 0 Å². The number of imidazole rings is 1. The number of nitrogens with one attached hydrogen (secondary N) is 2. The molecule has 0 bridgehead atoms. The van der Waals surface area contributed by atoms with Gasteiger partial charge in [0.2, 0.25) is 0 Å². The number of fused-ring (bicyclic) bond motifs is 1. The fraction of sp³-hybridized carbons (Fsp3) is 0.194. The number of halogens is 2. The van der Waals surface area contributed by atoms with Gasteiger partial charge in [0.05, 0.1) is 69.7 Å². The number of aliphatic carboxylic acids is 1. The van der Waals surface area contributed by atoms with E-state index in [1.54, 1.807) is 56.8 Å². The van der Waals surface area contributed by atoms with Crippen molar-refractivity contribution in [1.82, 2.24) is 15.0 Å². The summed E-state index contributed by atoms with van der Waals surface area (Å²) in [6.07, 6.45) is 1.67. The zero-order chi connectivity index (χ0) is 31.1. The number of ether oxygens (including phenoxy) is 2. The first-order chi connectivity index (χ1) is 20.6. The summed E-state index contributed by atoms with van der Waals surface area (Å²) in [5, 5.41) is 13.4. The predicted octanol–water partition coefficient (Wildman–Crippen LogP) is 7.26. The highest BCUT2D eigenvalue weighted by molar-refractivity contribution is 7.84. The summed E-state index contributed by atoms with van der Waals surface area (Å²) < 4.78 is 23.3. The quantitative estimate of drug-likeness (QED) is 0.154. The summed E-state index contributed by atoms with van der Waals surface area (Å²) in [6.45, 7) is 3.86. The number of aromatic nitrogens is 3. The maximum atomic E-state index is 12.7. The number of rotatable bonds is 9. The van der Waals surface area contributed by atoms with Crippen LogP contribution in [0.5, 0.6) is 11.5 Å². The zero-order valence-electron chi connectivity index (χ0n) is 23.9. The summed E-state index contributed by atoms with van der Waals surface area (Å²) in [7, 11) is 1.91. The van der Waals surface area contributed by atoms with Gasteiger partial charge in [-0.25, -0.2) is 4.98 Å². The van der Waals surface area contributed by atoms with E-state index in [-0.39, 0.29) is 12.2 Å². The number of carboxylic acid groups (broad SMARTS) is 1. The maximum absolute atomic E-state index is 12.7. The van der Waals surface area contributed by atoms with E-state index >= 15 is 0 Å². The molecule has 0 saturated carbocycles. The lowest BCUT2D eigenvalue weighted by atomic mass is 10.1. The molecule has 3 aromatic carbocycles. The summed E-state index contributed by atoms with van der Waals surface area (Å²) in [5.41, 5.74) is 6.08. The van der Waals surface area contributed by atoms with Crippen LogP contribution in [0.2, 0.25) is 10.0 Å². The van der Waals surface area contributed by atoms with Crippen LogP contribution >= 0.6 is 23.2 Å². The Bertz CT molecular complexity index is 1770. The predicted molar refractivity (Wildman–Crippen MR) is 171 cm³/mol. The number of H-pyrrole nitrogens is 1. The molecule has 1 atom stereocenters. The minimum Gasteiger partial charge on any atom is -0.497 e. The number of benzene rings is 3. The molecule has 43 heavy (non-hydrogen) atoms. The third-order valence-electron chi connectivity index (χ3n) is 6.48. The molecule has 9 nitrogen and oxygen atoms in total. The van der Waals surface area contributed by atoms with Crippen molar-refractivity contribution in [3.05, 3.63) is 99.3 Å². The standard InChI is InChI=1S/C17H19N3O3S.C14H11Cl2NO2/c1-10-8-18-15(11(2)16(10)23-4)9-24(21)17-19-13-6-5-12(22-3)7-14(13)20-17;15-10-5-3-6-11(16)14(10)17-12-7-2-1-4-9(12)8-13(18)19/h5-8H,9H2,1-4H3,(H,19,20);1-7,17H,8H2,(H,18,19). The van der Waals surface area contributed by atoms with Crippen LogP contribution in [0.1, 0.15) is 22.4 Å². The second kappa shape index (κ2) is 14.4. The lowest BCUT2D eigenvalue weighted by Crippen LogP contribution is -2.05. The number of anilines is 2. The van der Waals surface area contributed by atoms with Crippen LogP contribution in [0.3, 0.4) is 0 Å². The van der Waals surface area contributed by atoms with Gasteiger partial charge in [-0.2, -0.15) is 0 Å². The highest BCUT2D eigenvalue weighted by Crippen LogP contribution is 2.33. The van der Waals surface area contributed by atoms with E-state index in [9.17, 15) is 9.00 Å². The molecule has 5 aromatic rings. The summed E-state index contributed by atoms with van der Waals surface area (Å²) in [4.78, 5) is 22.7. The molecule has 12 heteroatoms. The van der Waals surface area contributed by atoms with E-state index in [1.807, 2.05) is 38.1 Å². The van der Waals surface area contributed by atoms with Gasteiger partial charge in [0, 0.05) is 29.1 Å². The Hall–Kier alpha value is -4.12. The first-order valence-electron chi connectivity index (χ1n) is 13.0. The van der Waals surface area contributed by atoms with Gasteiger partial charge in [-0.15, -0.1) is 0 Å². The van der Waals surface area contributed by atoms with E-state index in [0.29, 0.717) is 32.1 Å². The Balaban J connectivity index is 0.000000203. The van der Waals surface area contributed by atoms with E-state index in [0.717, 1.165) is 39.4 Å². The molecule has 0 saturated heterocycles. The van der Waals surface area contributed by atoms with Crippen LogP contribution in [0.25, 0.3) is 11.0 Å². The minimum atomic E-state index is -1.33. The maximum Gasteiger partial charge on any atom is 0.307 e. The van der Waals surface area contributed by atoms with Crippen molar-refractivity contribution in [2.75, 3.05) is 19.5 Å². The first-order valence-corrected chi connectivity index (χ1v) is 15.1. The van der Waals surface area contributed by atoms with Gasteiger partial charge in [0.25, 0.3) is 0 Å². The second-order valence-corrected chi connectivity index (χ2v) is 11.6. The molecule has 5 rings (SSSR count). The first kappa shape index (κ1) is 31.8. The van der Waals surface area contributed by atoms with Crippen LogP contribution in [-0.2, 0) is 27.8 Å². The number of aryl methyl sites for hydroxylation is 1. The molecular formula is C31H30Cl2N4O5S. The van der Waals surface area contributed by atoms with Gasteiger partial charge in [-0.05, 0) is 49.7 Å². The van der Waals surface area contributed by atoms with Crippen molar-refractivity contribution >= 4 is 62.4 Å². The number of carbonyl (C=O) groups is 1. The molecule has 0 spiro atoms. The van der Waals surface area contributed by atoms with Crippen LogP contribution in [0, 0.1) is 13.8 Å². The molecule has 3 N–H and O–H groups in total. The SMILES string of the molecule is COc1ccc2nc(S(=O)Cc3ncc(C)c(OC)c3C)[nH]c2c1.O=C(O)Cc1ccccc1Nc1c(Cl)cccc1Cl. The topological polar surface area (TPSA) is 126 Å². The van der Waals surface area contributed by atoms with E-state index in [1.165, 1.54) is 0 Å². The van der Waals surface area contributed by atoms with Crippen molar-refractivity contribution in [2.45, 2.75) is 31.2 Å². The van der Waals surface area contributed by atoms with Gasteiger partial charge in [0.1, 0.15) is 11.5 Å². The molecule has 2 aromatic heterocycles. The van der Waals surface area contributed by atoms with E-state index in [2.05, 4.69) is 20.3 Å². The number of aromatic amines is 1. The Kier molecular flexibility index (Phi) is 10.6. The minimum absolute atomic E-state index is 0.0642. The third-order valence-corrected chi connectivity index (χ3v) is 8.27. The average Bonchev–Trinajstić information content (AvgIpc) is 3.41. The van der Waals surface area contributed by atoms with Gasteiger partial charge in [0.15, 0.2) is 5.16 Å². The fourth-order valence-electron chi connectivity index (χ4n) is 4.32. The number of hydrogen-bond acceptors (Lipinski definition) is 7. The third kappa shape index (κ3) is 7.84. The van der Waals surface area contributed by atoms with Gasteiger partial charge < -0.3 is 24.9 Å². The number of methoxy groups -OCH3 is 2. The van der Waals surface area contributed by atoms with Crippen LogP contribution in [-0.4, -0.2) is 44.5 Å². The largest absolute Gasteiger partial charge is 0.497 e. The molecule has 1 unspecified atom stereocenters. The van der Waals surface area contributed by atoms with Crippen molar-refractivity contribution in [3.8, 4) is 11.5 Å². The van der Waals surface area contributed by atoms with Crippen molar-refractivity contribution in [1.29, 1.82) is 0 Å². The molecule has 0 aliphatic heterocycles. The van der Waals surface area contributed by atoms with Crippen LogP contribution in [0.15, 0.2) is 72.0 Å². The monoisotopic (exact) mass is 640 g/mol. The molecule has 0 amide bonds. The molecular weight excluding hydrogens is 611 g/mol. The average molecular weight is 642 g/mol. The highest BCUT2D eigenvalue weighted by Gasteiger charge is 2.16. The molecule has 0 fully saturated rings. The molecule has 0 radical (unpaired) electrons. The van der Waals surface area contributed by atoms with Crippen molar-refractivity contribution < 1.29 is 23.6 Å². The number of para-hydroxylation sites is 2. The lowest BCUT2D eigenvalue weighted by molar-refractivity contribution is -0.136. The number of nitrogens with zero attached hydrogens (tertiary/aromatic N) is 2. The Morgan fingerprint density at radius 3 is 2.42 bits per heavy atom. The van der Waals surface area contributed by atoms with Gasteiger partial charge in [-0.3, -0.25) is 14.0 Å². The van der Waals surface area contributed by atoms with Crippen molar-refractivity contribution in [2.24, 2.45) is 0 Å². The smallest absolute Gasteiger partial charge is 0.307 e. The number of pyridine rings is 1. The molecule has 0 aliphatic rings. The Morgan fingerprint density at radius 1 is 1.02 bits per heavy atom. The second-order valence-electron chi connectivity index (χ2n) is 9.41. The molecule has 0 aliphatic carbocycles. The zero-order valence-corrected chi connectivity index (χ0v) is 26.2. The Labute approximate surface area is 261 Å². The van der Waals surface area contributed by atoms with Gasteiger partial charge >= 0.3 is 5.97 Å². The normalized spacial score (nSPS) is 11.4. The lowest BCUT2D eigenvalue weighted by Gasteiger charge is -2.13. The number of carboxylic acids is 1. The molecule has 224 valence electrons. The highest BCUT2D eigenvalue weighted by atomic mass is 35.5. The fourth-order valence-corrected chi connectivity index (χ4v) is 5.91. The number of hydrogen-bond donors (Lipinski definition) is 3. The molecule has 2 heterocycles. The summed E-state index contributed by atoms with van der Waals surface area (Å²) >= 11 is 12.1. The van der Waals surface area contributed by atoms with Gasteiger partial charge in [-0.1, -0.05) is 47.5 Å².